The van der Waals surface area contributed by atoms with Gasteiger partial charge in [0.2, 0.25) is 0 Å². The highest BCUT2D eigenvalue weighted by Crippen LogP contribution is 2.20. The van der Waals surface area contributed by atoms with Crippen LogP contribution in [0.4, 0.5) is 5.69 Å². The van der Waals surface area contributed by atoms with Crippen molar-refractivity contribution in [1.82, 2.24) is 0 Å². The van der Waals surface area contributed by atoms with Gasteiger partial charge in [-0.3, -0.25) is 0 Å². The third-order valence-corrected chi connectivity index (χ3v) is 2.55. The number of ether oxygens (including phenoxy) is 1. The monoisotopic (exact) mass is 233 g/mol. The summed E-state index contributed by atoms with van der Waals surface area (Å²) in [4.78, 5) is 0. The average molecular weight is 234 g/mol. The summed E-state index contributed by atoms with van der Waals surface area (Å²) in [6, 6.07) is 15.2. The fourth-order valence-corrected chi connectivity index (χ4v) is 1.48. The number of anilines is 1. The summed E-state index contributed by atoms with van der Waals surface area (Å²) in [6.07, 6.45) is 0. The largest absolute Gasteiger partial charge is 0.489 e. The van der Waals surface area contributed by atoms with E-state index in [9.17, 15) is 0 Å². The molecule has 0 aliphatic rings. The lowest BCUT2D eigenvalue weighted by atomic mass is 10.2. The number of nitrogens with two attached hydrogens (primary N) is 1. The maximum absolute atomic E-state index is 5.83. The molecule has 0 radical (unpaired) electrons. The topological polar surface area (TPSA) is 35.2 Å². The van der Waals surface area contributed by atoms with Crippen molar-refractivity contribution in [2.24, 2.45) is 0 Å². The maximum Gasteiger partial charge on any atom is 0.119 e. The molecule has 0 fully saturated rings. The number of halogens is 1. The Morgan fingerprint density at radius 2 is 1.81 bits per heavy atom. The van der Waals surface area contributed by atoms with Gasteiger partial charge in [0.05, 0.1) is 10.7 Å². The standard InChI is InChI=1S/C13H12ClNO/c14-12-7-6-10(8-13(12)15)9-16-11-4-2-1-3-5-11/h1-8H,9,15H2. The Morgan fingerprint density at radius 1 is 1.06 bits per heavy atom. The lowest BCUT2D eigenvalue weighted by molar-refractivity contribution is 0.306. The smallest absolute Gasteiger partial charge is 0.119 e. The molecule has 2 rings (SSSR count). The van der Waals surface area contributed by atoms with Gasteiger partial charge >= 0.3 is 0 Å². The number of hydrogen-bond acceptors (Lipinski definition) is 2. The lowest BCUT2D eigenvalue weighted by Crippen LogP contribution is -1.96. The molecule has 0 heterocycles. The van der Waals surface area contributed by atoms with E-state index >= 15 is 0 Å². The van der Waals surface area contributed by atoms with Crippen LogP contribution < -0.4 is 10.5 Å². The van der Waals surface area contributed by atoms with Crippen LogP contribution in [0, 0.1) is 0 Å². The van der Waals surface area contributed by atoms with Crippen molar-refractivity contribution in [1.29, 1.82) is 0 Å². The molecule has 0 aromatic heterocycles. The van der Waals surface area contributed by atoms with Crippen molar-refractivity contribution >= 4 is 17.3 Å². The van der Waals surface area contributed by atoms with E-state index in [1.54, 1.807) is 6.07 Å². The second kappa shape index (κ2) is 4.90. The highest BCUT2D eigenvalue weighted by molar-refractivity contribution is 6.33. The second-order valence-corrected chi connectivity index (χ2v) is 3.86. The Bertz CT molecular complexity index is 471. The van der Waals surface area contributed by atoms with E-state index in [0.29, 0.717) is 17.3 Å². The first-order chi connectivity index (χ1) is 7.75. The van der Waals surface area contributed by atoms with Crippen molar-refractivity contribution in [2.45, 2.75) is 6.61 Å². The van der Waals surface area contributed by atoms with Crippen LogP contribution in [0.3, 0.4) is 0 Å². The molecule has 0 amide bonds. The molecular formula is C13H12ClNO. The van der Waals surface area contributed by atoms with E-state index in [0.717, 1.165) is 11.3 Å². The molecule has 3 heteroatoms. The molecule has 0 aliphatic carbocycles. The average Bonchev–Trinajstić information content (AvgIpc) is 2.32. The SMILES string of the molecule is Nc1cc(COc2ccccc2)ccc1Cl. The van der Waals surface area contributed by atoms with E-state index in [1.807, 2.05) is 42.5 Å². The second-order valence-electron chi connectivity index (χ2n) is 3.46. The van der Waals surface area contributed by atoms with Crippen molar-refractivity contribution in [3.63, 3.8) is 0 Å². The quantitative estimate of drug-likeness (QED) is 0.824. The molecule has 2 aromatic rings. The molecule has 0 bridgehead atoms. The van der Waals surface area contributed by atoms with Gasteiger partial charge in [0.1, 0.15) is 12.4 Å². The zero-order chi connectivity index (χ0) is 11.4. The zero-order valence-electron chi connectivity index (χ0n) is 8.69. The Labute approximate surface area is 99.6 Å². The Hall–Kier alpha value is -1.67. The molecule has 0 unspecified atom stereocenters. The van der Waals surface area contributed by atoms with Crippen LogP contribution in [0.5, 0.6) is 5.75 Å². The molecule has 2 N–H and O–H groups in total. The number of nitrogen functional groups attached to an aromatic ring is 1. The minimum absolute atomic E-state index is 0.491. The van der Waals surface area contributed by atoms with Crippen molar-refractivity contribution in [2.75, 3.05) is 5.73 Å². The highest BCUT2D eigenvalue weighted by atomic mass is 35.5. The first-order valence-electron chi connectivity index (χ1n) is 4.97. The molecule has 0 atom stereocenters. The van der Waals surface area contributed by atoms with Gasteiger partial charge in [-0.25, -0.2) is 0 Å². The normalized spacial score (nSPS) is 10.1. The van der Waals surface area contributed by atoms with E-state index in [4.69, 9.17) is 22.1 Å². The van der Waals surface area contributed by atoms with Gasteiger partial charge in [0.25, 0.3) is 0 Å². The van der Waals surface area contributed by atoms with Crippen molar-refractivity contribution in [3.8, 4) is 5.75 Å². The molecule has 2 nitrogen and oxygen atoms in total. The van der Waals surface area contributed by atoms with Crippen LogP contribution in [-0.2, 0) is 6.61 Å². The molecule has 0 aliphatic heterocycles. The van der Waals surface area contributed by atoms with E-state index in [1.165, 1.54) is 0 Å². The van der Waals surface area contributed by atoms with E-state index in [-0.39, 0.29) is 0 Å². The van der Waals surface area contributed by atoms with Crippen LogP contribution >= 0.6 is 11.6 Å². The molecule has 0 saturated heterocycles. The number of hydrogen-bond donors (Lipinski definition) is 1. The summed E-state index contributed by atoms with van der Waals surface area (Å²) in [7, 11) is 0. The van der Waals surface area contributed by atoms with Crippen molar-refractivity contribution < 1.29 is 4.74 Å². The van der Waals surface area contributed by atoms with Crippen LogP contribution in [0.1, 0.15) is 5.56 Å². The van der Waals surface area contributed by atoms with Crippen LogP contribution in [-0.4, -0.2) is 0 Å². The summed E-state index contributed by atoms with van der Waals surface area (Å²) < 4.78 is 5.59. The first kappa shape index (κ1) is 10.8. The summed E-state index contributed by atoms with van der Waals surface area (Å²) in [5.41, 5.74) is 7.29. The maximum atomic E-state index is 5.83. The summed E-state index contributed by atoms with van der Waals surface area (Å²) in [6.45, 7) is 0.491. The number of para-hydroxylation sites is 1. The molecule has 16 heavy (non-hydrogen) atoms. The Morgan fingerprint density at radius 3 is 2.50 bits per heavy atom. The predicted molar refractivity (Wildman–Crippen MR) is 66.6 cm³/mol. The van der Waals surface area contributed by atoms with E-state index in [2.05, 4.69) is 0 Å². The van der Waals surface area contributed by atoms with Gasteiger partial charge in [0.15, 0.2) is 0 Å². The third kappa shape index (κ3) is 2.67. The minimum Gasteiger partial charge on any atom is -0.489 e. The van der Waals surface area contributed by atoms with Gasteiger partial charge in [0, 0.05) is 0 Å². The summed E-state index contributed by atoms with van der Waals surface area (Å²) in [5, 5.41) is 0.573. The molecule has 2 aromatic carbocycles. The van der Waals surface area contributed by atoms with Gasteiger partial charge in [-0.2, -0.15) is 0 Å². The fraction of sp³-hybridized carbons (Fsp3) is 0.0769. The molecule has 0 spiro atoms. The molecule has 82 valence electrons. The van der Waals surface area contributed by atoms with Gasteiger partial charge in [-0.15, -0.1) is 0 Å². The Kier molecular flexibility index (Phi) is 3.32. The Balaban J connectivity index is 2.03. The van der Waals surface area contributed by atoms with Gasteiger partial charge in [-0.1, -0.05) is 35.9 Å². The van der Waals surface area contributed by atoms with Crippen LogP contribution in [0.15, 0.2) is 48.5 Å². The fourth-order valence-electron chi connectivity index (χ4n) is 1.37. The highest BCUT2D eigenvalue weighted by Gasteiger charge is 1.99. The van der Waals surface area contributed by atoms with Gasteiger partial charge in [-0.05, 0) is 29.8 Å². The van der Waals surface area contributed by atoms with Crippen LogP contribution in [0.2, 0.25) is 5.02 Å². The molecular weight excluding hydrogens is 222 g/mol. The van der Waals surface area contributed by atoms with Gasteiger partial charge < -0.3 is 10.5 Å². The van der Waals surface area contributed by atoms with Crippen molar-refractivity contribution in [3.05, 3.63) is 59.1 Å². The summed E-state index contributed by atoms with van der Waals surface area (Å²) in [5.74, 6) is 0.844. The number of benzene rings is 2. The minimum atomic E-state index is 0.491. The molecule has 0 saturated carbocycles. The first-order valence-corrected chi connectivity index (χ1v) is 5.35. The third-order valence-electron chi connectivity index (χ3n) is 2.21. The van der Waals surface area contributed by atoms with E-state index < -0.39 is 0 Å². The zero-order valence-corrected chi connectivity index (χ0v) is 9.45. The lowest BCUT2D eigenvalue weighted by Gasteiger charge is -2.07. The number of rotatable bonds is 3. The summed E-state index contributed by atoms with van der Waals surface area (Å²) >= 11 is 5.83. The predicted octanol–water partition coefficient (Wildman–Crippen LogP) is 3.50. The van der Waals surface area contributed by atoms with Crippen LogP contribution in [0.25, 0.3) is 0 Å².